The molecular formula is C23H22BrN5O2S. The van der Waals surface area contributed by atoms with Crippen molar-refractivity contribution in [1.82, 2.24) is 9.88 Å². The van der Waals surface area contributed by atoms with Crippen molar-refractivity contribution in [2.75, 3.05) is 23.7 Å². The van der Waals surface area contributed by atoms with Crippen LogP contribution in [0.3, 0.4) is 0 Å². The van der Waals surface area contributed by atoms with Gasteiger partial charge in [0.15, 0.2) is 0 Å². The molecule has 1 aliphatic rings. The number of nitrogens with zero attached hydrogens (tertiary/aromatic N) is 2. The van der Waals surface area contributed by atoms with Crippen LogP contribution in [0, 0.1) is 5.41 Å². The van der Waals surface area contributed by atoms with Crippen molar-refractivity contribution in [1.29, 1.82) is 5.41 Å². The number of aromatic nitrogens is 1. The average Bonchev–Trinajstić information content (AvgIpc) is 3.29. The second-order valence-corrected chi connectivity index (χ2v) is 9.24. The van der Waals surface area contributed by atoms with Gasteiger partial charge in [-0.2, -0.15) is 0 Å². The Bertz CT molecular complexity index is 1120. The molecule has 0 saturated carbocycles. The molecule has 3 heterocycles. The van der Waals surface area contributed by atoms with Gasteiger partial charge in [-0.05, 0) is 70.9 Å². The Hall–Kier alpha value is -3.04. The third-order valence-corrected chi connectivity index (χ3v) is 6.56. The van der Waals surface area contributed by atoms with Crippen LogP contribution in [0.2, 0.25) is 0 Å². The smallest absolute Gasteiger partial charge is 0.269 e. The first-order valence-corrected chi connectivity index (χ1v) is 11.9. The topological polar surface area (TPSA) is 98.2 Å². The Balaban J connectivity index is 1.41. The summed E-state index contributed by atoms with van der Waals surface area (Å²) in [6, 6.07) is 12.2. The van der Waals surface area contributed by atoms with Crippen LogP contribution >= 0.6 is 27.3 Å². The zero-order valence-electron chi connectivity index (χ0n) is 17.2. The maximum absolute atomic E-state index is 12.7. The van der Waals surface area contributed by atoms with Crippen molar-refractivity contribution in [3.63, 3.8) is 0 Å². The molecule has 9 heteroatoms. The molecule has 3 aromatic rings. The number of benzene rings is 1. The van der Waals surface area contributed by atoms with E-state index in [-0.39, 0.29) is 11.8 Å². The minimum absolute atomic E-state index is 0.310. The molecule has 0 aliphatic carbocycles. The Morgan fingerprint density at radius 2 is 1.66 bits per heavy atom. The molecule has 164 valence electrons. The highest BCUT2D eigenvalue weighted by Crippen LogP contribution is 2.24. The average molecular weight is 512 g/mol. The van der Waals surface area contributed by atoms with Crippen LogP contribution in [0.25, 0.3) is 0 Å². The van der Waals surface area contributed by atoms with E-state index in [1.165, 1.54) is 17.8 Å². The maximum atomic E-state index is 12.7. The molecule has 1 fully saturated rings. The summed E-state index contributed by atoms with van der Waals surface area (Å²) in [6.45, 7) is 1.81. The number of hydrogen-bond donors (Lipinski definition) is 3. The molecule has 2 amide bonds. The molecule has 0 radical (unpaired) electrons. The molecule has 0 spiro atoms. The normalized spacial score (nSPS) is 13.5. The van der Waals surface area contributed by atoms with Crippen LogP contribution in [0.15, 0.2) is 58.5 Å². The van der Waals surface area contributed by atoms with Gasteiger partial charge in [0, 0.05) is 34.9 Å². The van der Waals surface area contributed by atoms with Crippen LogP contribution in [0.5, 0.6) is 0 Å². The summed E-state index contributed by atoms with van der Waals surface area (Å²) < 4.78 is 0.816. The number of thiophene rings is 1. The van der Waals surface area contributed by atoms with E-state index in [0.717, 1.165) is 36.0 Å². The molecule has 7 nitrogen and oxygen atoms in total. The highest BCUT2D eigenvalue weighted by atomic mass is 79.9. The first-order valence-electron chi connectivity index (χ1n) is 10.3. The Labute approximate surface area is 198 Å². The lowest BCUT2D eigenvalue weighted by Crippen LogP contribution is -2.35. The molecule has 0 atom stereocenters. The second kappa shape index (κ2) is 10.1. The van der Waals surface area contributed by atoms with Crippen LogP contribution in [0.4, 0.5) is 11.5 Å². The Morgan fingerprint density at radius 3 is 2.34 bits per heavy atom. The van der Waals surface area contributed by atoms with Gasteiger partial charge in [-0.3, -0.25) is 15.0 Å². The number of anilines is 2. The van der Waals surface area contributed by atoms with Gasteiger partial charge in [-0.1, -0.05) is 12.1 Å². The number of nitrogens with one attached hydrogen (secondary N) is 3. The van der Waals surface area contributed by atoms with Crippen molar-refractivity contribution in [2.45, 2.75) is 19.3 Å². The molecular weight excluding hydrogens is 490 g/mol. The van der Waals surface area contributed by atoms with Crippen molar-refractivity contribution in [3.8, 4) is 0 Å². The van der Waals surface area contributed by atoms with E-state index >= 15 is 0 Å². The van der Waals surface area contributed by atoms with Gasteiger partial charge in [-0.25, -0.2) is 4.98 Å². The second-order valence-electron chi connectivity index (χ2n) is 7.41. The maximum Gasteiger partial charge on any atom is 0.269 e. The van der Waals surface area contributed by atoms with Crippen molar-refractivity contribution >= 4 is 56.4 Å². The number of hydrogen-bond acceptors (Lipinski definition) is 5. The van der Waals surface area contributed by atoms with Gasteiger partial charge < -0.3 is 15.5 Å². The van der Waals surface area contributed by atoms with E-state index < -0.39 is 0 Å². The molecule has 0 bridgehead atoms. The lowest BCUT2D eigenvalue weighted by atomic mass is 10.1. The first kappa shape index (κ1) is 22.2. The zero-order valence-corrected chi connectivity index (χ0v) is 19.6. The molecule has 32 heavy (non-hydrogen) atoms. The van der Waals surface area contributed by atoms with Crippen LogP contribution in [0.1, 0.15) is 44.9 Å². The minimum Gasteiger partial charge on any atom is -0.357 e. The number of carbonyl (C=O) groups excluding carboxylic acids is 2. The molecule has 0 unspecified atom stereocenters. The van der Waals surface area contributed by atoms with Gasteiger partial charge in [0.25, 0.3) is 11.8 Å². The molecule has 3 N–H and O–H groups in total. The summed E-state index contributed by atoms with van der Waals surface area (Å²) >= 11 is 4.55. The lowest BCUT2D eigenvalue weighted by Gasteiger charge is -2.29. The van der Waals surface area contributed by atoms with E-state index in [9.17, 15) is 9.59 Å². The highest BCUT2D eigenvalue weighted by molar-refractivity contribution is 9.10. The summed E-state index contributed by atoms with van der Waals surface area (Å²) in [5.74, 6) is 0.274. The largest absolute Gasteiger partial charge is 0.357 e. The molecule has 4 rings (SSSR count). The van der Waals surface area contributed by atoms with Crippen molar-refractivity contribution in [2.24, 2.45) is 0 Å². The zero-order chi connectivity index (χ0) is 22.5. The summed E-state index contributed by atoms with van der Waals surface area (Å²) in [5, 5.41) is 15.7. The van der Waals surface area contributed by atoms with E-state index in [2.05, 4.69) is 36.4 Å². The van der Waals surface area contributed by atoms with Crippen molar-refractivity contribution < 1.29 is 9.59 Å². The molecule has 1 aromatic carbocycles. The van der Waals surface area contributed by atoms with Gasteiger partial charge in [0.05, 0.1) is 5.69 Å². The quantitative estimate of drug-likeness (QED) is 0.323. The Morgan fingerprint density at radius 1 is 0.938 bits per heavy atom. The first-order chi connectivity index (χ1) is 15.5. The lowest BCUT2D eigenvalue weighted by molar-refractivity contribution is 0.102. The fourth-order valence-electron chi connectivity index (χ4n) is 3.48. The highest BCUT2D eigenvalue weighted by Gasteiger charge is 2.18. The fourth-order valence-corrected chi connectivity index (χ4v) is 4.46. The number of rotatable bonds is 5. The predicted octanol–water partition coefficient (Wildman–Crippen LogP) is 5.22. The van der Waals surface area contributed by atoms with Gasteiger partial charge in [-0.15, -0.1) is 11.3 Å². The van der Waals surface area contributed by atoms with E-state index in [1.807, 2.05) is 0 Å². The summed E-state index contributed by atoms with van der Waals surface area (Å²) in [4.78, 5) is 32.0. The number of pyridine rings is 1. The summed E-state index contributed by atoms with van der Waals surface area (Å²) in [5.41, 5.74) is 1.70. The molecule has 1 saturated heterocycles. The summed E-state index contributed by atoms with van der Waals surface area (Å²) in [6.07, 6.45) is 5.03. The minimum atomic E-state index is -0.338. The van der Waals surface area contributed by atoms with Gasteiger partial charge in [0.2, 0.25) is 0 Å². The van der Waals surface area contributed by atoms with Gasteiger partial charge >= 0.3 is 0 Å². The number of carbonyl (C=O) groups is 2. The third kappa shape index (κ3) is 5.23. The fraction of sp³-hybridized carbons (Fsp3) is 0.217. The molecule has 2 aromatic heterocycles. The van der Waals surface area contributed by atoms with E-state index in [0.29, 0.717) is 27.8 Å². The third-order valence-electron chi connectivity index (χ3n) is 5.18. The number of amidine groups is 1. The molecule has 1 aliphatic heterocycles. The summed E-state index contributed by atoms with van der Waals surface area (Å²) in [7, 11) is 0. The van der Waals surface area contributed by atoms with E-state index in [1.54, 1.807) is 54.0 Å². The number of likely N-dealkylation sites (tertiary alicyclic amines) is 1. The number of halogens is 1. The standard InChI is InChI=1S/C23H22BrN5O2S/c24-17-8-9-19(26-14-17)28-23(31)20-18(10-13-32-20)27-22(30)16-6-4-15(5-7-16)21(25)29-11-2-1-3-12-29/h4-10,13-14,25H,1-3,11-12H2,(H,27,30)(H,26,28,31). The Kier molecular flexibility index (Phi) is 6.96. The van der Waals surface area contributed by atoms with Gasteiger partial charge in [0.1, 0.15) is 16.5 Å². The van der Waals surface area contributed by atoms with Crippen LogP contribution in [-0.4, -0.2) is 40.6 Å². The SMILES string of the molecule is N=C(c1ccc(C(=O)Nc2ccsc2C(=O)Nc2ccc(Br)cn2)cc1)N1CCCCC1. The van der Waals surface area contributed by atoms with Crippen molar-refractivity contribution in [3.05, 3.63) is 74.5 Å². The number of piperidine rings is 1. The van der Waals surface area contributed by atoms with Crippen LogP contribution in [-0.2, 0) is 0 Å². The number of amides is 2. The van der Waals surface area contributed by atoms with Crippen LogP contribution < -0.4 is 10.6 Å². The predicted molar refractivity (Wildman–Crippen MR) is 131 cm³/mol. The van der Waals surface area contributed by atoms with E-state index in [4.69, 9.17) is 5.41 Å². The monoisotopic (exact) mass is 511 g/mol.